The molecular formula is C21H36N4O2. The third-order valence-electron chi connectivity index (χ3n) is 7.65. The van der Waals surface area contributed by atoms with E-state index in [2.05, 4.69) is 15.1 Å². The fourth-order valence-electron chi connectivity index (χ4n) is 5.50. The van der Waals surface area contributed by atoms with Crippen LogP contribution in [0.5, 0.6) is 0 Å². The largest absolute Gasteiger partial charge is 0.342 e. The van der Waals surface area contributed by atoms with Crippen molar-refractivity contribution in [2.24, 2.45) is 11.3 Å². The monoisotopic (exact) mass is 376 g/mol. The van der Waals surface area contributed by atoms with Crippen LogP contribution in [0.15, 0.2) is 0 Å². The van der Waals surface area contributed by atoms with Crippen molar-refractivity contribution in [3.63, 3.8) is 0 Å². The maximum atomic E-state index is 12.9. The Kier molecular flexibility index (Phi) is 5.74. The predicted molar refractivity (Wildman–Crippen MR) is 105 cm³/mol. The minimum atomic E-state index is 0.248. The van der Waals surface area contributed by atoms with Gasteiger partial charge in [0.15, 0.2) is 0 Å². The lowest BCUT2D eigenvalue weighted by Crippen LogP contribution is -2.52. The van der Waals surface area contributed by atoms with E-state index in [1.165, 1.54) is 19.3 Å². The van der Waals surface area contributed by atoms with E-state index in [0.717, 1.165) is 71.4 Å². The topological polar surface area (TPSA) is 55.9 Å². The van der Waals surface area contributed by atoms with Gasteiger partial charge in [-0.05, 0) is 50.6 Å². The third-order valence-corrected chi connectivity index (χ3v) is 7.65. The molecule has 1 atom stereocenters. The van der Waals surface area contributed by atoms with Gasteiger partial charge in [0, 0.05) is 45.2 Å². The highest BCUT2D eigenvalue weighted by molar-refractivity contribution is 5.83. The molecule has 2 saturated carbocycles. The van der Waals surface area contributed by atoms with E-state index in [0.29, 0.717) is 23.9 Å². The normalized spacial score (nSPS) is 28.9. The number of hydrogen-bond donors (Lipinski definition) is 1. The second kappa shape index (κ2) is 8.08. The lowest BCUT2D eigenvalue weighted by molar-refractivity contribution is -0.137. The molecule has 4 fully saturated rings. The van der Waals surface area contributed by atoms with Crippen LogP contribution in [0.3, 0.4) is 0 Å². The summed E-state index contributed by atoms with van der Waals surface area (Å²) >= 11 is 0. The first-order chi connectivity index (χ1) is 13.1. The molecule has 6 heteroatoms. The predicted octanol–water partition coefficient (Wildman–Crippen LogP) is 1.31. The van der Waals surface area contributed by atoms with Gasteiger partial charge >= 0.3 is 0 Å². The second-order valence-corrected chi connectivity index (χ2v) is 9.27. The number of rotatable bonds is 4. The minimum absolute atomic E-state index is 0.248. The summed E-state index contributed by atoms with van der Waals surface area (Å²) in [5.41, 5.74) is 0.318. The highest BCUT2D eigenvalue weighted by Crippen LogP contribution is 2.59. The molecule has 4 rings (SSSR count). The first-order valence-electron chi connectivity index (χ1n) is 11.1. The zero-order valence-electron chi connectivity index (χ0n) is 16.9. The van der Waals surface area contributed by atoms with Gasteiger partial charge in [-0.1, -0.05) is 19.3 Å². The summed E-state index contributed by atoms with van der Waals surface area (Å²) in [5, 5.41) is 3.41. The van der Waals surface area contributed by atoms with Crippen LogP contribution in [0, 0.1) is 11.3 Å². The van der Waals surface area contributed by atoms with Crippen LogP contribution in [-0.4, -0.2) is 85.4 Å². The molecule has 6 nitrogen and oxygen atoms in total. The van der Waals surface area contributed by atoms with Gasteiger partial charge in [-0.2, -0.15) is 0 Å². The zero-order chi connectivity index (χ0) is 18.9. The van der Waals surface area contributed by atoms with Crippen molar-refractivity contribution in [1.82, 2.24) is 20.0 Å². The number of carbonyl (C=O) groups is 2. The first-order valence-corrected chi connectivity index (χ1v) is 11.1. The Morgan fingerprint density at radius 1 is 1.04 bits per heavy atom. The number of amides is 2. The van der Waals surface area contributed by atoms with Gasteiger partial charge < -0.3 is 15.1 Å². The summed E-state index contributed by atoms with van der Waals surface area (Å²) in [5.74, 6) is 0.893. The molecule has 2 heterocycles. The van der Waals surface area contributed by atoms with E-state index >= 15 is 0 Å². The number of likely N-dealkylation sites (N-methyl/N-ethyl adjacent to an activating group) is 1. The Labute approximate surface area is 163 Å². The first kappa shape index (κ1) is 19.2. The Morgan fingerprint density at radius 2 is 1.70 bits per heavy atom. The summed E-state index contributed by atoms with van der Waals surface area (Å²) in [6.45, 7) is 5.86. The van der Waals surface area contributed by atoms with Crippen LogP contribution in [0.4, 0.5) is 0 Å². The molecule has 2 aliphatic heterocycles. The van der Waals surface area contributed by atoms with Gasteiger partial charge in [-0.15, -0.1) is 0 Å². The molecule has 2 aliphatic carbocycles. The van der Waals surface area contributed by atoms with Crippen molar-refractivity contribution < 1.29 is 9.59 Å². The van der Waals surface area contributed by atoms with Gasteiger partial charge in [-0.25, -0.2) is 0 Å². The second-order valence-electron chi connectivity index (χ2n) is 9.27. The molecule has 1 unspecified atom stereocenters. The van der Waals surface area contributed by atoms with Crippen molar-refractivity contribution in [1.29, 1.82) is 0 Å². The molecule has 2 amide bonds. The average Bonchev–Trinajstić information content (AvgIpc) is 3.41. The number of nitrogens with one attached hydrogen (secondary N) is 1. The Bertz CT molecular complexity index is 546. The SMILES string of the molecule is CN(C(=O)CN1CCN(C(=O)C2CC23CCNCC3)CC1)C1CCCCC1. The molecule has 1 spiro atoms. The maximum Gasteiger partial charge on any atom is 0.236 e. The van der Waals surface area contributed by atoms with Gasteiger partial charge in [0.1, 0.15) is 0 Å². The van der Waals surface area contributed by atoms with Gasteiger partial charge in [0.2, 0.25) is 11.8 Å². The van der Waals surface area contributed by atoms with E-state index in [1.54, 1.807) is 0 Å². The number of carbonyl (C=O) groups excluding carboxylic acids is 2. The highest BCUT2D eigenvalue weighted by Gasteiger charge is 2.58. The van der Waals surface area contributed by atoms with Crippen LogP contribution in [0.25, 0.3) is 0 Å². The fourth-order valence-corrected chi connectivity index (χ4v) is 5.50. The maximum absolute atomic E-state index is 12.9. The molecule has 1 N–H and O–H groups in total. The van der Waals surface area contributed by atoms with E-state index < -0.39 is 0 Å². The van der Waals surface area contributed by atoms with E-state index in [4.69, 9.17) is 0 Å². The summed E-state index contributed by atoms with van der Waals surface area (Å²) in [6.07, 6.45) is 9.54. The van der Waals surface area contributed by atoms with Crippen LogP contribution >= 0.6 is 0 Å². The molecule has 0 aromatic heterocycles. The molecule has 2 saturated heterocycles. The Morgan fingerprint density at radius 3 is 2.37 bits per heavy atom. The molecule has 0 radical (unpaired) electrons. The smallest absolute Gasteiger partial charge is 0.236 e. The van der Waals surface area contributed by atoms with E-state index in [1.807, 2.05) is 11.9 Å². The summed E-state index contributed by atoms with van der Waals surface area (Å²) < 4.78 is 0. The van der Waals surface area contributed by atoms with Crippen molar-refractivity contribution in [2.45, 2.75) is 57.4 Å². The summed E-state index contributed by atoms with van der Waals surface area (Å²) in [7, 11) is 1.98. The molecular weight excluding hydrogens is 340 g/mol. The van der Waals surface area contributed by atoms with Gasteiger partial charge in [-0.3, -0.25) is 14.5 Å². The molecule has 4 aliphatic rings. The van der Waals surface area contributed by atoms with E-state index in [-0.39, 0.29) is 11.8 Å². The lowest BCUT2D eigenvalue weighted by atomic mass is 9.91. The van der Waals surface area contributed by atoms with Crippen molar-refractivity contribution in [3.8, 4) is 0 Å². The molecule has 0 aromatic rings. The van der Waals surface area contributed by atoms with Crippen LogP contribution in [-0.2, 0) is 9.59 Å². The van der Waals surface area contributed by atoms with Crippen LogP contribution in [0.1, 0.15) is 51.4 Å². The highest BCUT2D eigenvalue weighted by atomic mass is 16.2. The van der Waals surface area contributed by atoms with Crippen molar-refractivity contribution >= 4 is 11.8 Å². The third kappa shape index (κ3) is 4.16. The minimum Gasteiger partial charge on any atom is -0.342 e. The van der Waals surface area contributed by atoms with Gasteiger partial charge in [0.25, 0.3) is 0 Å². The van der Waals surface area contributed by atoms with E-state index in [9.17, 15) is 9.59 Å². The number of nitrogens with zero attached hydrogens (tertiary/aromatic N) is 3. The lowest BCUT2D eigenvalue weighted by Gasteiger charge is -2.37. The quantitative estimate of drug-likeness (QED) is 0.804. The average molecular weight is 377 g/mol. The van der Waals surface area contributed by atoms with Gasteiger partial charge in [0.05, 0.1) is 6.54 Å². The number of hydrogen-bond acceptors (Lipinski definition) is 4. The number of piperazine rings is 1. The summed E-state index contributed by atoms with van der Waals surface area (Å²) in [6, 6.07) is 0.435. The zero-order valence-corrected chi connectivity index (χ0v) is 16.9. The van der Waals surface area contributed by atoms with Crippen LogP contribution in [0.2, 0.25) is 0 Å². The number of piperidine rings is 1. The van der Waals surface area contributed by atoms with Crippen molar-refractivity contribution in [2.75, 3.05) is 52.9 Å². The standard InChI is InChI=1S/C21H36N4O2/c1-23(17-5-3-2-4-6-17)19(26)16-24-11-13-25(14-12-24)20(27)18-15-21(18)7-9-22-10-8-21/h17-18,22H,2-16H2,1H3. The summed E-state index contributed by atoms with van der Waals surface area (Å²) in [4.78, 5) is 31.8. The molecule has 27 heavy (non-hydrogen) atoms. The Balaban J connectivity index is 1.21. The van der Waals surface area contributed by atoms with Crippen LogP contribution < -0.4 is 5.32 Å². The fraction of sp³-hybridized carbons (Fsp3) is 0.905. The molecule has 0 aromatic carbocycles. The Hall–Kier alpha value is -1.14. The molecule has 152 valence electrons. The molecule has 0 bridgehead atoms. The van der Waals surface area contributed by atoms with Crippen molar-refractivity contribution in [3.05, 3.63) is 0 Å².